The standard InChI is InChI=1S/C24H42O4Si/c1-15(2)21-20(28-23(26)24(9,10)11)13-12-19(22(21)25)14-27-29(16(3)4,17(5)6)18(7)8/h13,16-19H,12,14H2,1-11H3. The van der Waals surface area contributed by atoms with Crippen molar-refractivity contribution < 1.29 is 18.8 Å². The first-order chi connectivity index (χ1) is 13.2. The van der Waals surface area contributed by atoms with Gasteiger partial charge in [0, 0.05) is 12.5 Å². The second kappa shape index (κ2) is 9.74. The Morgan fingerprint density at radius 1 is 1.07 bits per heavy atom. The van der Waals surface area contributed by atoms with Crippen LogP contribution in [0.5, 0.6) is 0 Å². The van der Waals surface area contributed by atoms with Crippen LogP contribution in [0.25, 0.3) is 0 Å². The fourth-order valence-corrected chi connectivity index (χ4v) is 10.0. The molecular formula is C24H42O4Si. The van der Waals surface area contributed by atoms with E-state index < -0.39 is 13.7 Å². The van der Waals surface area contributed by atoms with Crippen LogP contribution in [-0.4, -0.2) is 26.7 Å². The van der Waals surface area contributed by atoms with E-state index >= 15 is 0 Å². The highest BCUT2D eigenvalue weighted by molar-refractivity contribution is 6.77. The zero-order valence-corrected chi connectivity index (χ0v) is 21.4. The maximum absolute atomic E-state index is 13.3. The van der Waals surface area contributed by atoms with Gasteiger partial charge in [-0.25, -0.2) is 0 Å². The molecular weight excluding hydrogens is 380 g/mol. The molecule has 1 unspecified atom stereocenters. The minimum absolute atomic E-state index is 0.0309. The number of hydrogen-bond acceptors (Lipinski definition) is 4. The van der Waals surface area contributed by atoms with Gasteiger partial charge in [0.1, 0.15) is 5.76 Å². The summed E-state index contributed by atoms with van der Waals surface area (Å²) < 4.78 is 12.3. The van der Waals surface area contributed by atoms with E-state index in [1.807, 2.05) is 40.7 Å². The summed E-state index contributed by atoms with van der Waals surface area (Å²) in [5.74, 6) is -0.106. The van der Waals surface area contributed by atoms with Crippen LogP contribution in [-0.2, 0) is 18.8 Å². The Morgan fingerprint density at radius 3 is 1.93 bits per heavy atom. The summed E-state index contributed by atoms with van der Waals surface area (Å²) in [6.07, 6.45) is 2.44. The number of carbonyl (C=O) groups is 2. The summed E-state index contributed by atoms with van der Waals surface area (Å²) in [7, 11) is -2.03. The van der Waals surface area contributed by atoms with Crippen molar-refractivity contribution >= 4 is 20.1 Å². The monoisotopic (exact) mass is 422 g/mol. The molecule has 0 aliphatic heterocycles. The molecule has 1 rings (SSSR count). The molecule has 5 heteroatoms. The summed E-state index contributed by atoms with van der Waals surface area (Å²) >= 11 is 0. The Kier molecular flexibility index (Phi) is 8.67. The van der Waals surface area contributed by atoms with Gasteiger partial charge in [0.2, 0.25) is 0 Å². The highest BCUT2D eigenvalue weighted by atomic mass is 28.4. The predicted molar refractivity (Wildman–Crippen MR) is 122 cm³/mol. The van der Waals surface area contributed by atoms with E-state index in [1.54, 1.807) is 0 Å². The van der Waals surface area contributed by atoms with Gasteiger partial charge >= 0.3 is 5.97 Å². The average molecular weight is 423 g/mol. The summed E-state index contributed by atoms with van der Waals surface area (Å²) in [5.41, 5.74) is 2.21. The van der Waals surface area contributed by atoms with Gasteiger partial charge in [0.05, 0.1) is 11.0 Å². The second-order valence-corrected chi connectivity index (χ2v) is 16.0. The lowest BCUT2D eigenvalue weighted by atomic mass is 9.86. The van der Waals surface area contributed by atoms with Gasteiger partial charge in [0.25, 0.3) is 0 Å². The van der Waals surface area contributed by atoms with Crippen LogP contribution < -0.4 is 0 Å². The number of rotatable bonds is 7. The minimum Gasteiger partial charge on any atom is -0.426 e. The highest BCUT2D eigenvalue weighted by Gasteiger charge is 2.46. The lowest BCUT2D eigenvalue weighted by molar-refractivity contribution is -0.148. The summed E-state index contributed by atoms with van der Waals surface area (Å²) in [4.78, 5) is 25.6. The molecule has 4 nitrogen and oxygen atoms in total. The van der Waals surface area contributed by atoms with Crippen LogP contribution in [0.1, 0.15) is 82.6 Å². The van der Waals surface area contributed by atoms with Crippen molar-refractivity contribution in [1.82, 2.24) is 0 Å². The maximum Gasteiger partial charge on any atom is 0.316 e. The number of ketones is 1. The zero-order valence-electron chi connectivity index (χ0n) is 20.4. The van der Waals surface area contributed by atoms with E-state index in [-0.39, 0.29) is 17.7 Å². The third-order valence-electron chi connectivity index (χ3n) is 6.01. The van der Waals surface area contributed by atoms with E-state index in [9.17, 15) is 9.59 Å². The van der Waals surface area contributed by atoms with E-state index in [4.69, 9.17) is 9.16 Å². The van der Waals surface area contributed by atoms with E-state index in [0.717, 1.165) is 5.57 Å². The molecule has 1 aliphatic carbocycles. The molecule has 0 fully saturated rings. The van der Waals surface area contributed by atoms with Crippen LogP contribution in [0.15, 0.2) is 23.0 Å². The SMILES string of the molecule is CC(C)=C1C(=O)C(CO[Si](C(C)C)(C(C)C)C(C)C)CC=C1OC(=O)C(C)(C)C. The molecule has 0 amide bonds. The lowest BCUT2D eigenvalue weighted by Gasteiger charge is -2.43. The van der Waals surface area contributed by atoms with Gasteiger partial charge in [-0.3, -0.25) is 9.59 Å². The Morgan fingerprint density at radius 2 is 1.55 bits per heavy atom. The Labute approximate surface area is 179 Å². The molecule has 1 atom stereocenters. The van der Waals surface area contributed by atoms with Crippen molar-refractivity contribution in [2.75, 3.05) is 6.61 Å². The number of Topliss-reactive ketones (excluding diaryl/α,β-unsaturated/α-hetero) is 1. The van der Waals surface area contributed by atoms with Gasteiger partial charge in [-0.05, 0) is 63.7 Å². The first-order valence-electron chi connectivity index (χ1n) is 10.9. The first kappa shape index (κ1) is 25.8. The zero-order chi connectivity index (χ0) is 22.7. The third-order valence-corrected chi connectivity index (χ3v) is 12.1. The smallest absolute Gasteiger partial charge is 0.316 e. The second-order valence-electron chi connectivity index (χ2n) is 10.5. The molecule has 29 heavy (non-hydrogen) atoms. The topological polar surface area (TPSA) is 52.6 Å². The Bertz CT molecular complexity index is 652. The third kappa shape index (κ3) is 5.69. The highest BCUT2D eigenvalue weighted by Crippen LogP contribution is 2.43. The van der Waals surface area contributed by atoms with Crippen LogP contribution in [0, 0.1) is 11.3 Å². The number of esters is 1. The van der Waals surface area contributed by atoms with Crippen molar-refractivity contribution in [2.45, 2.75) is 99.2 Å². The fourth-order valence-electron chi connectivity index (χ4n) is 4.51. The maximum atomic E-state index is 13.3. The molecule has 0 aromatic heterocycles. The van der Waals surface area contributed by atoms with Gasteiger partial charge in [0.15, 0.2) is 14.1 Å². The molecule has 0 spiro atoms. The average Bonchev–Trinajstić information content (AvgIpc) is 2.54. The van der Waals surface area contributed by atoms with Crippen molar-refractivity contribution in [2.24, 2.45) is 11.3 Å². The molecule has 0 N–H and O–H groups in total. The number of ether oxygens (including phenoxy) is 1. The fraction of sp³-hybridized carbons (Fsp3) is 0.750. The molecule has 0 radical (unpaired) electrons. The van der Waals surface area contributed by atoms with Crippen LogP contribution in [0.4, 0.5) is 0 Å². The van der Waals surface area contributed by atoms with Crippen molar-refractivity contribution in [3.05, 3.63) is 23.0 Å². The molecule has 0 aromatic carbocycles. The summed E-state index contributed by atoms with van der Waals surface area (Å²) in [6.45, 7) is 23.2. The van der Waals surface area contributed by atoms with Crippen molar-refractivity contribution in [3.63, 3.8) is 0 Å². The van der Waals surface area contributed by atoms with Crippen LogP contribution in [0.2, 0.25) is 16.6 Å². The normalized spacial score (nSPS) is 18.6. The van der Waals surface area contributed by atoms with Gasteiger partial charge < -0.3 is 9.16 Å². The first-order valence-corrected chi connectivity index (χ1v) is 13.1. The van der Waals surface area contributed by atoms with Crippen LogP contribution in [0.3, 0.4) is 0 Å². The van der Waals surface area contributed by atoms with Gasteiger partial charge in [-0.1, -0.05) is 47.1 Å². The van der Waals surface area contributed by atoms with Gasteiger partial charge in [-0.2, -0.15) is 0 Å². The molecule has 0 heterocycles. The van der Waals surface area contributed by atoms with Crippen LogP contribution >= 0.6 is 0 Å². The molecule has 0 saturated heterocycles. The number of allylic oxidation sites excluding steroid dienone is 3. The van der Waals surface area contributed by atoms with E-state index in [2.05, 4.69) is 41.5 Å². The molecule has 166 valence electrons. The van der Waals surface area contributed by atoms with Crippen molar-refractivity contribution in [3.8, 4) is 0 Å². The van der Waals surface area contributed by atoms with E-state index in [1.165, 1.54) is 0 Å². The molecule has 0 bridgehead atoms. The largest absolute Gasteiger partial charge is 0.426 e. The Balaban J connectivity index is 3.12. The predicted octanol–water partition coefficient (Wildman–Crippen LogP) is 6.58. The Hall–Kier alpha value is -1.20. The quantitative estimate of drug-likeness (QED) is 0.264. The summed E-state index contributed by atoms with van der Waals surface area (Å²) in [5, 5.41) is 0. The number of hydrogen-bond donors (Lipinski definition) is 0. The number of carbonyl (C=O) groups excluding carboxylic acids is 2. The molecule has 0 aromatic rings. The molecule has 1 aliphatic rings. The van der Waals surface area contributed by atoms with Gasteiger partial charge in [-0.15, -0.1) is 0 Å². The lowest BCUT2D eigenvalue weighted by Crippen LogP contribution is -2.49. The van der Waals surface area contributed by atoms with E-state index in [0.29, 0.717) is 41.0 Å². The molecule has 0 saturated carbocycles. The summed E-state index contributed by atoms with van der Waals surface area (Å²) in [6, 6.07) is 0. The minimum atomic E-state index is -2.03. The van der Waals surface area contributed by atoms with Crippen molar-refractivity contribution in [1.29, 1.82) is 0 Å².